The number of nitrogens with zero attached hydrogens (tertiary/aromatic N) is 9. The van der Waals surface area contributed by atoms with Crippen molar-refractivity contribution in [3.05, 3.63) is 53.2 Å². The Morgan fingerprint density at radius 1 is 0.860 bits per heavy atom. The van der Waals surface area contributed by atoms with Crippen molar-refractivity contribution in [3.8, 4) is 0 Å². The highest BCUT2D eigenvalue weighted by Gasteiger charge is 2.28. The van der Waals surface area contributed by atoms with Gasteiger partial charge < -0.3 is 30.1 Å². The zero-order valence-corrected chi connectivity index (χ0v) is 23.5. The van der Waals surface area contributed by atoms with Crippen LogP contribution in [-0.4, -0.2) is 112 Å². The van der Waals surface area contributed by atoms with Crippen molar-refractivity contribution >= 4 is 41.0 Å². The number of carbonyl (C=O) groups excluding carboxylic acids is 2. The van der Waals surface area contributed by atoms with Gasteiger partial charge in [-0.05, 0) is 25.0 Å². The predicted molar refractivity (Wildman–Crippen MR) is 149 cm³/mol. The summed E-state index contributed by atoms with van der Waals surface area (Å²) in [5.41, 5.74) is 1.18. The van der Waals surface area contributed by atoms with Crippen LogP contribution in [0.4, 0.5) is 11.6 Å². The van der Waals surface area contributed by atoms with E-state index in [9.17, 15) is 19.2 Å². The first kappa shape index (κ1) is 29.2. The van der Waals surface area contributed by atoms with Gasteiger partial charge in [0.1, 0.15) is 11.3 Å². The molecule has 17 heteroatoms. The molecule has 6 rings (SSSR count). The number of morpholine rings is 1. The van der Waals surface area contributed by atoms with Gasteiger partial charge in [0.05, 0.1) is 43.1 Å². The van der Waals surface area contributed by atoms with Gasteiger partial charge in [0.15, 0.2) is 11.3 Å². The normalized spacial score (nSPS) is 14.8. The van der Waals surface area contributed by atoms with Gasteiger partial charge in [0, 0.05) is 40.3 Å². The van der Waals surface area contributed by atoms with E-state index in [0.717, 1.165) is 36.8 Å². The van der Waals surface area contributed by atoms with Gasteiger partial charge in [-0.1, -0.05) is 0 Å². The number of carboxylic acids is 2. The van der Waals surface area contributed by atoms with E-state index >= 15 is 0 Å². The third-order valence-corrected chi connectivity index (χ3v) is 7.02. The standard InChI is InChI=1S/C20H24N8O3.C6H6N2O4/c1-25-17(15(12-21-25)19(30)26-6-2-3-7-26)18(29)22-14-4-5-16-23-20(24-28(16)13-14)27-8-10-31-11-9-27;1-8-4(6(11)12)3(2-7-8)5(9)10/h4-5,12-13H,2-3,6-11H2,1H3,(H,22,29);2H,1H3,(H,9,10)(H,11,12). The molecule has 4 aromatic rings. The predicted octanol–water partition coefficient (Wildman–Crippen LogP) is 0.604. The third kappa shape index (κ3) is 6.15. The largest absolute Gasteiger partial charge is 0.478 e. The Hall–Kier alpha value is -5.32. The Bertz CT molecular complexity index is 1680. The molecular formula is C26H30N10O7. The van der Waals surface area contributed by atoms with E-state index in [1.165, 1.54) is 17.9 Å². The van der Waals surface area contributed by atoms with Crippen molar-refractivity contribution in [3.63, 3.8) is 0 Å². The Labute approximate surface area is 244 Å². The van der Waals surface area contributed by atoms with Crippen LogP contribution in [-0.2, 0) is 18.8 Å². The molecule has 2 amide bonds. The van der Waals surface area contributed by atoms with E-state index in [1.54, 1.807) is 34.8 Å². The third-order valence-electron chi connectivity index (χ3n) is 7.02. The van der Waals surface area contributed by atoms with E-state index < -0.39 is 17.8 Å². The van der Waals surface area contributed by atoms with Crippen molar-refractivity contribution in [1.29, 1.82) is 0 Å². The number of nitrogens with one attached hydrogen (secondary N) is 1. The van der Waals surface area contributed by atoms with Gasteiger partial charge in [-0.15, -0.1) is 5.10 Å². The number of aryl methyl sites for hydroxylation is 2. The summed E-state index contributed by atoms with van der Waals surface area (Å²) in [7, 11) is 3.03. The molecule has 0 spiro atoms. The Balaban J connectivity index is 0.000000259. The lowest BCUT2D eigenvalue weighted by atomic mass is 10.2. The highest BCUT2D eigenvalue weighted by atomic mass is 16.5. The van der Waals surface area contributed by atoms with Crippen LogP contribution >= 0.6 is 0 Å². The average Bonchev–Trinajstić information content (AvgIpc) is 3.79. The number of ether oxygens (including phenoxy) is 1. The topological polar surface area (TPSA) is 202 Å². The molecule has 2 fully saturated rings. The number of amides is 2. The zero-order chi connectivity index (χ0) is 30.7. The smallest absolute Gasteiger partial charge is 0.355 e. The first-order valence-corrected chi connectivity index (χ1v) is 13.4. The maximum absolute atomic E-state index is 13.0. The number of likely N-dealkylation sites (tertiary alicyclic amines) is 1. The molecule has 43 heavy (non-hydrogen) atoms. The summed E-state index contributed by atoms with van der Waals surface area (Å²) < 4.78 is 9.45. The maximum Gasteiger partial charge on any atom is 0.355 e. The van der Waals surface area contributed by atoms with E-state index in [2.05, 4.69) is 30.5 Å². The minimum absolute atomic E-state index is 0.155. The second kappa shape index (κ2) is 12.3. The van der Waals surface area contributed by atoms with Crippen molar-refractivity contribution in [2.45, 2.75) is 12.8 Å². The van der Waals surface area contributed by atoms with Gasteiger partial charge in [-0.3, -0.25) is 19.0 Å². The summed E-state index contributed by atoms with van der Waals surface area (Å²) in [5.74, 6) is -2.50. The highest BCUT2D eigenvalue weighted by molar-refractivity contribution is 6.11. The number of aromatic nitrogens is 7. The first-order chi connectivity index (χ1) is 20.6. The van der Waals surface area contributed by atoms with Crippen molar-refractivity contribution in [1.82, 2.24) is 39.1 Å². The van der Waals surface area contributed by atoms with Crippen LogP contribution in [0.5, 0.6) is 0 Å². The SMILES string of the molecule is Cn1ncc(C(=O)N2CCCC2)c1C(=O)Nc1ccc2nc(N3CCOCC3)nn2c1.Cn1ncc(C(=O)O)c1C(=O)O. The van der Waals surface area contributed by atoms with Gasteiger partial charge >= 0.3 is 11.9 Å². The number of anilines is 2. The summed E-state index contributed by atoms with van der Waals surface area (Å²) in [6.07, 6.45) is 6.15. The Morgan fingerprint density at radius 3 is 2.14 bits per heavy atom. The average molecular weight is 595 g/mol. The molecule has 2 saturated heterocycles. The zero-order valence-electron chi connectivity index (χ0n) is 23.5. The minimum Gasteiger partial charge on any atom is -0.478 e. The monoisotopic (exact) mass is 594 g/mol. The summed E-state index contributed by atoms with van der Waals surface area (Å²) in [4.78, 5) is 55.1. The molecule has 226 valence electrons. The molecule has 0 aromatic carbocycles. The Morgan fingerprint density at radius 2 is 1.51 bits per heavy atom. The number of fused-ring (bicyclic) bond motifs is 1. The van der Waals surface area contributed by atoms with Gasteiger partial charge in [-0.2, -0.15) is 15.2 Å². The summed E-state index contributed by atoms with van der Waals surface area (Å²) in [6, 6.07) is 3.56. The van der Waals surface area contributed by atoms with Crippen LogP contribution in [0.3, 0.4) is 0 Å². The maximum atomic E-state index is 13.0. The number of hydrogen-bond acceptors (Lipinski definition) is 10. The van der Waals surface area contributed by atoms with E-state index in [4.69, 9.17) is 14.9 Å². The summed E-state index contributed by atoms with van der Waals surface area (Å²) in [6.45, 7) is 4.22. The van der Waals surface area contributed by atoms with Crippen molar-refractivity contribution in [2.75, 3.05) is 49.6 Å². The van der Waals surface area contributed by atoms with Gasteiger partial charge in [0.25, 0.3) is 11.8 Å². The van der Waals surface area contributed by atoms with Crippen LogP contribution in [0.2, 0.25) is 0 Å². The molecule has 0 bridgehead atoms. The molecule has 0 atom stereocenters. The van der Waals surface area contributed by atoms with Crippen LogP contribution in [0.1, 0.15) is 54.5 Å². The molecule has 2 aliphatic rings. The van der Waals surface area contributed by atoms with Crippen molar-refractivity contribution in [2.24, 2.45) is 14.1 Å². The number of hydrogen-bond donors (Lipinski definition) is 3. The van der Waals surface area contributed by atoms with Crippen LogP contribution in [0.25, 0.3) is 5.65 Å². The molecule has 4 aromatic heterocycles. The molecule has 3 N–H and O–H groups in total. The number of rotatable bonds is 6. The molecule has 0 saturated carbocycles. The number of carbonyl (C=O) groups is 4. The van der Waals surface area contributed by atoms with Crippen molar-refractivity contribution < 1.29 is 34.1 Å². The fourth-order valence-electron chi connectivity index (χ4n) is 4.83. The minimum atomic E-state index is -1.30. The Kier molecular flexibility index (Phi) is 8.33. The highest BCUT2D eigenvalue weighted by Crippen LogP contribution is 2.19. The van der Waals surface area contributed by atoms with Gasteiger partial charge in [0.2, 0.25) is 5.95 Å². The molecular weight excluding hydrogens is 564 g/mol. The second-order valence-corrected chi connectivity index (χ2v) is 9.86. The quantitative estimate of drug-likeness (QED) is 0.281. The van der Waals surface area contributed by atoms with Gasteiger partial charge in [-0.25, -0.2) is 14.1 Å². The molecule has 2 aliphatic heterocycles. The molecule has 0 radical (unpaired) electrons. The number of carboxylic acid groups (broad SMARTS) is 2. The summed E-state index contributed by atoms with van der Waals surface area (Å²) in [5, 5.41) is 32.1. The lowest BCUT2D eigenvalue weighted by Crippen LogP contribution is -2.36. The number of aromatic carboxylic acids is 2. The van der Waals surface area contributed by atoms with Crippen LogP contribution in [0.15, 0.2) is 30.7 Å². The van der Waals surface area contributed by atoms with E-state index in [0.29, 0.717) is 49.1 Å². The van der Waals surface area contributed by atoms with E-state index in [1.807, 2.05) is 0 Å². The van der Waals surface area contributed by atoms with Crippen LogP contribution < -0.4 is 10.2 Å². The lowest BCUT2D eigenvalue weighted by molar-refractivity contribution is 0.0644. The molecule has 6 heterocycles. The molecule has 0 aliphatic carbocycles. The number of pyridine rings is 1. The second-order valence-electron chi connectivity index (χ2n) is 9.86. The van der Waals surface area contributed by atoms with Crippen LogP contribution in [0, 0.1) is 0 Å². The summed E-state index contributed by atoms with van der Waals surface area (Å²) >= 11 is 0. The molecule has 17 nitrogen and oxygen atoms in total. The fourth-order valence-corrected chi connectivity index (χ4v) is 4.83. The lowest BCUT2D eigenvalue weighted by Gasteiger charge is -2.25. The fraction of sp³-hybridized carbons (Fsp3) is 0.385. The molecule has 0 unspecified atom stereocenters. The first-order valence-electron chi connectivity index (χ1n) is 13.4. The van der Waals surface area contributed by atoms with E-state index in [-0.39, 0.29) is 22.9 Å².